The number of nitrogens with zero attached hydrogens (tertiary/aromatic N) is 1. The van der Waals surface area contributed by atoms with Crippen LogP contribution < -0.4 is 14.2 Å². The van der Waals surface area contributed by atoms with E-state index in [0.717, 1.165) is 5.56 Å². The Morgan fingerprint density at radius 3 is 2.08 bits per heavy atom. The van der Waals surface area contributed by atoms with Crippen LogP contribution in [-0.4, -0.2) is 38.1 Å². The molecule has 1 amide bonds. The van der Waals surface area contributed by atoms with Gasteiger partial charge in [0.15, 0.2) is 11.5 Å². The number of hydrogen-bond donors (Lipinski definition) is 0. The molecule has 134 valence electrons. The van der Waals surface area contributed by atoms with Gasteiger partial charge < -0.3 is 19.1 Å². The van der Waals surface area contributed by atoms with Gasteiger partial charge in [-0.3, -0.25) is 4.79 Å². The molecule has 5 heteroatoms. The van der Waals surface area contributed by atoms with Crippen molar-refractivity contribution in [1.29, 1.82) is 0 Å². The van der Waals surface area contributed by atoms with Crippen molar-refractivity contribution in [2.75, 3.05) is 21.3 Å². The molecule has 0 aliphatic heterocycles. The van der Waals surface area contributed by atoms with Gasteiger partial charge in [-0.1, -0.05) is 30.3 Å². The molecule has 0 unspecified atom stereocenters. The Morgan fingerprint density at radius 2 is 1.60 bits per heavy atom. The van der Waals surface area contributed by atoms with Crippen molar-refractivity contribution < 1.29 is 19.0 Å². The van der Waals surface area contributed by atoms with Crippen LogP contribution in [0.25, 0.3) is 0 Å². The van der Waals surface area contributed by atoms with Gasteiger partial charge in [0, 0.05) is 18.7 Å². The second-order valence-corrected chi connectivity index (χ2v) is 5.99. The molecule has 0 fully saturated rings. The molecular weight excluding hydrogens is 318 g/mol. The van der Waals surface area contributed by atoms with Gasteiger partial charge in [0.1, 0.15) is 6.61 Å². The van der Waals surface area contributed by atoms with E-state index in [1.807, 2.05) is 44.2 Å². The summed E-state index contributed by atoms with van der Waals surface area (Å²) < 4.78 is 16.8. The maximum atomic E-state index is 12.6. The molecule has 0 saturated carbocycles. The lowest BCUT2D eigenvalue weighted by atomic mass is 10.1. The van der Waals surface area contributed by atoms with E-state index in [4.69, 9.17) is 14.2 Å². The summed E-state index contributed by atoms with van der Waals surface area (Å²) in [6, 6.07) is 13.3. The van der Waals surface area contributed by atoms with Crippen molar-refractivity contribution in [3.8, 4) is 17.2 Å². The van der Waals surface area contributed by atoms with Gasteiger partial charge in [0.05, 0.1) is 14.2 Å². The van der Waals surface area contributed by atoms with E-state index in [2.05, 4.69) is 0 Å². The monoisotopic (exact) mass is 343 g/mol. The van der Waals surface area contributed by atoms with E-state index in [1.54, 1.807) is 38.3 Å². The van der Waals surface area contributed by atoms with Crippen molar-refractivity contribution in [2.24, 2.45) is 0 Å². The fraction of sp³-hybridized carbons (Fsp3) is 0.350. The number of rotatable bonds is 7. The zero-order valence-corrected chi connectivity index (χ0v) is 15.4. The topological polar surface area (TPSA) is 48.0 Å². The maximum Gasteiger partial charge on any atom is 0.254 e. The van der Waals surface area contributed by atoms with Gasteiger partial charge in [0.2, 0.25) is 5.75 Å². The smallest absolute Gasteiger partial charge is 0.254 e. The molecule has 25 heavy (non-hydrogen) atoms. The van der Waals surface area contributed by atoms with E-state index >= 15 is 0 Å². The minimum absolute atomic E-state index is 0.0958. The van der Waals surface area contributed by atoms with Gasteiger partial charge in [-0.15, -0.1) is 0 Å². The number of amides is 1. The number of carbonyl (C=O) groups is 1. The fourth-order valence-corrected chi connectivity index (χ4v) is 2.31. The average molecular weight is 343 g/mol. The lowest BCUT2D eigenvalue weighted by Gasteiger charge is -2.23. The summed E-state index contributed by atoms with van der Waals surface area (Å²) in [5, 5.41) is 0. The van der Waals surface area contributed by atoms with Crippen LogP contribution in [0.5, 0.6) is 17.2 Å². The number of ether oxygens (including phenoxy) is 3. The number of benzene rings is 2. The first-order valence-electron chi connectivity index (χ1n) is 8.17. The summed E-state index contributed by atoms with van der Waals surface area (Å²) in [5.74, 6) is 1.32. The molecule has 0 spiro atoms. The second kappa shape index (κ2) is 8.42. The maximum absolute atomic E-state index is 12.6. The Morgan fingerprint density at radius 1 is 1.04 bits per heavy atom. The largest absolute Gasteiger partial charge is 0.493 e. The van der Waals surface area contributed by atoms with Gasteiger partial charge in [-0.05, 0) is 31.5 Å². The van der Waals surface area contributed by atoms with Gasteiger partial charge in [-0.2, -0.15) is 0 Å². The van der Waals surface area contributed by atoms with Crippen LogP contribution in [0, 0.1) is 0 Å². The van der Waals surface area contributed by atoms with Gasteiger partial charge in [0.25, 0.3) is 5.91 Å². The molecule has 0 aliphatic carbocycles. The van der Waals surface area contributed by atoms with Gasteiger partial charge in [-0.25, -0.2) is 0 Å². The quantitative estimate of drug-likeness (QED) is 0.768. The Kier molecular flexibility index (Phi) is 6.28. The second-order valence-electron chi connectivity index (χ2n) is 5.99. The fourth-order valence-electron chi connectivity index (χ4n) is 2.31. The zero-order valence-electron chi connectivity index (χ0n) is 15.4. The third-order valence-corrected chi connectivity index (χ3v) is 4.03. The molecule has 0 bridgehead atoms. The lowest BCUT2D eigenvalue weighted by molar-refractivity contribution is 0.0754. The van der Waals surface area contributed by atoms with Crippen LogP contribution in [0.15, 0.2) is 42.5 Å². The first-order valence-corrected chi connectivity index (χ1v) is 8.17. The number of carbonyl (C=O) groups excluding carboxylic acids is 1. The summed E-state index contributed by atoms with van der Waals surface area (Å²) in [4.78, 5) is 14.3. The minimum Gasteiger partial charge on any atom is -0.493 e. The van der Waals surface area contributed by atoms with Crippen LogP contribution in [0.2, 0.25) is 0 Å². The summed E-state index contributed by atoms with van der Waals surface area (Å²) in [6.45, 7) is 4.31. The summed E-state index contributed by atoms with van der Waals surface area (Å²) >= 11 is 0. The number of methoxy groups -OCH3 is 2. The van der Waals surface area contributed by atoms with Crippen molar-refractivity contribution >= 4 is 5.91 Å². The highest BCUT2D eigenvalue weighted by Gasteiger charge is 2.21. The summed E-state index contributed by atoms with van der Waals surface area (Å²) in [5.41, 5.74) is 1.53. The molecule has 0 saturated heterocycles. The molecule has 2 aromatic rings. The van der Waals surface area contributed by atoms with Crippen molar-refractivity contribution in [2.45, 2.75) is 26.5 Å². The predicted octanol–water partition coefficient (Wildman–Crippen LogP) is 3.76. The normalized spacial score (nSPS) is 10.5. The molecule has 0 aromatic heterocycles. The Balaban J connectivity index is 2.32. The molecule has 0 N–H and O–H groups in total. The van der Waals surface area contributed by atoms with Crippen molar-refractivity contribution in [3.63, 3.8) is 0 Å². The average Bonchev–Trinajstić information content (AvgIpc) is 2.65. The Labute approximate surface area is 149 Å². The van der Waals surface area contributed by atoms with E-state index in [1.165, 1.54) is 0 Å². The molecule has 0 heterocycles. The van der Waals surface area contributed by atoms with E-state index < -0.39 is 0 Å². The Bertz CT molecular complexity index is 688. The molecule has 0 aliphatic rings. The van der Waals surface area contributed by atoms with Crippen LogP contribution in [0.3, 0.4) is 0 Å². The highest BCUT2D eigenvalue weighted by atomic mass is 16.5. The van der Waals surface area contributed by atoms with Crippen LogP contribution in [0.4, 0.5) is 0 Å². The first kappa shape index (κ1) is 18.6. The highest BCUT2D eigenvalue weighted by molar-refractivity contribution is 5.95. The SMILES string of the molecule is COc1cc(C(=O)N(C)C(C)C)cc(OC)c1OCc1ccccc1. The summed E-state index contributed by atoms with van der Waals surface area (Å²) in [7, 11) is 4.86. The van der Waals surface area contributed by atoms with Gasteiger partial charge >= 0.3 is 0 Å². The Hall–Kier alpha value is -2.69. The minimum atomic E-state index is -0.0961. The third-order valence-electron chi connectivity index (χ3n) is 4.03. The first-order chi connectivity index (χ1) is 12.0. The zero-order chi connectivity index (χ0) is 18.4. The predicted molar refractivity (Wildman–Crippen MR) is 97.5 cm³/mol. The summed E-state index contributed by atoms with van der Waals surface area (Å²) in [6.07, 6.45) is 0. The third kappa shape index (κ3) is 4.44. The molecule has 0 radical (unpaired) electrons. The molecular formula is C20H25NO4. The van der Waals surface area contributed by atoms with E-state index in [0.29, 0.717) is 29.4 Å². The molecule has 5 nitrogen and oxygen atoms in total. The van der Waals surface area contributed by atoms with Crippen LogP contribution in [0.1, 0.15) is 29.8 Å². The van der Waals surface area contributed by atoms with E-state index in [-0.39, 0.29) is 11.9 Å². The number of hydrogen-bond acceptors (Lipinski definition) is 4. The highest BCUT2D eigenvalue weighted by Crippen LogP contribution is 2.39. The van der Waals surface area contributed by atoms with Crippen LogP contribution in [-0.2, 0) is 6.61 Å². The van der Waals surface area contributed by atoms with E-state index in [9.17, 15) is 4.79 Å². The molecule has 0 atom stereocenters. The van der Waals surface area contributed by atoms with Crippen molar-refractivity contribution in [3.05, 3.63) is 53.6 Å². The standard InChI is InChI=1S/C20H25NO4/c1-14(2)21(3)20(22)16-11-17(23-4)19(18(12-16)24-5)25-13-15-9-7-6-8-10-15/h6-12,14H,13H2,1-5H3. The van der Waals surface area contributed by atoms with Crippen molar-refractivity contribution in [1.82, 2.24) is 4.90 Å². The lowest BCUT2D eigenvalue weighted by Crippen LogP contribution is -2.33. The molecule has 2 aromatic carbocycles. The van der Waals surface area contributed by atoms with Crippen LogP contribution >= 0.6 is 0 Å². The molecule has 2 rings (SSSR count).